The second-order valence-corrected chi connectivity index (χ2v) is 5.82. The van der Waals surface area contributed by atoms with Gasteiger partial charge in [0.05, 0.1) is 12.3 Å². The van der Waals surface area contributed by atoms with E-state index < -0.39 is 0 Å². The zero-order chi connectivity index (χ0) is 15.1. The minimum absolute atomic E-state index is 0.442. The fourth-order valence-corrected chi connectivity index (χ4v) is 3.01. The molecular formula is C17H29N3O. The third kappa shape index (κ3) is 4.77. The maximum atomic E-state index is 5.73. The lowest BCUT2D eigenvalue weighted by Crippen LogP contribution is -2.55. The van der Waals surface area contributed by atoms with Crippen LogP contribution in [-0.4, -0.2) is 48.3 Å². The van der Waals surface area contributed by atoms with E-state index in [0.29, 0.717) is 12.1 Å². The van der Waals surface area contributed by atoms with Crippen LogP contribution in [0.1, 0.15) is 38.1 Å². The molecule has 1 fully saturated rings. The Hall–Kier alpha value is -0.970. The van der Waals surface area contributed by atoms with Crippen molar-refractivity contribution in [2.45, 2.75) is 52.2 Å². The Morgan fingerprint density at radius 1 is 1.38 bits per heavy atom. The highest BCUT2D eigenvalue weighted by molar-refractivity contribution is 5.10. The summed E-state index contributed by atoms with van der Waals surface area (Å²) in [6.07, 6.45) is 2.28. The Morgan fingerprint density at radius 2 is 2.24 bits per heavy atom. The van der Waals surface area contributed by atoms with E-state index in [1.54, 1.807) is 0 Å². The molecule has 1 aromatic heterocycles. The smallest absolute Gasteiger partial charge is 0.0637 e. The molecule has 1 aromatic rings. The second kappa shape index (κ2) is 8.47. The Morgan fingerprint density at radius 3 is 2.95 bits per heavy atom. The van der Waals surface area contributed by atoms with Crippen LogP contribution in [0.5, 0.6) is 0 Å². The summed E-state index contributed by atoms with van der Waals surface area (Å²) in [5.41, 5.74) is 2.24. The van der Waals surface area contributed by atoms with E-state index in [1.165, 1.54) is 6.42 Å². The van der Waals surface area contributed by atoms with Gasteiger partial charge in [-0.25, -0.2) is 0 Å². The monoisotopic (exact) mass is 291 g/mol. The third-order valence-corrected chi connectivity index (χ3v) is 4.17. The first-order valence-corrected chi connectivity index (χ1v) is 8.22. The lowest BCUT2D eigenvalue weighted by molar-refractivity contribution is -0.00486. The number of nitrogens with zero attached hydrogens (tertiary/aromatic N) is 2. The molecule has 2 heterocycles. The Kier molecular flexibility index (Phi) is 6.61. The van der Waals surface area contributed by atoms with Crippen molar-refractivity contribution in [3.63, 3.8) is 0 Å². The normalized spacial score (nSPS) is 22.7. The SMILES string of the molecule is CCCNC1CCOCC1N(CC)Cc1cccc(C)n1. The lowest BCUT2D eigenvalue weighted by Gasteiger charge is -2.39. The number of rotatable bonds is 7. The maximum absolute atomic E-state index is 5.73. The number of aromatic nitrogens is 1. The van der Waals surface area contributed by atoms with E-state index in [2.05, 4.69) is 54.2 Å². The summed E-state index contributed by atoms with van der Waals surface area (Å²) in [6, 6.07) is 7.24. The van der Waals surface area contributed by atoms with Gasteiger partial charge in [-0.1, -0.05) is 19.9 Å². The minimum Gasteiger partial charge on any atom is -0.380 e. The summed E-state index contributed by atoms with van der Waals surface area (Å²) in [4.78, 5) is 7.13. The molecule has 1 N–H and O–H groups in total. The molecule has 1 aliphatic heterocycles. The van der Waals surface area contributed by atoms with E-state index in [0.717, 1.165) is 50.7 Å². The highest BCUT2D eigenvalue weighted by Crippen LogP contribution is 2.17. The number of nitrogens with one attached hydrogen (secondary N) is 1. The Balaban J connectivity index is 2.03. The second-order valence-electron chi connectivity index (χ2n) is 5.82. The predicted octanol–water partition coefficient (Wildman–Crippen LogP) is 2.37. The molecule has 21 heavy (non-hydrogen) atoms. The molecule has 1 saturated heterocycles. The molecule has 0 bridgehead atoms. The van der Waals surface area contributed by atoms with Crippen LogP contribution in [0.15, 0.2) is 18.2 Å². The van der Waals surface area contributed by atoms with Crippen molar-refractivity contribution in [1.29, 1.82) is 0 Å². The van der Waals surface area contributed by atoms with Gasteiger partial charge in [-0.05, 0) is 45.0 Å². The summed E-state index contributed by atoms with van der Waals surface area (Å²) < 4.78 is 5.73. The van der Waals surface area contributed by atoms with E-state index in [1.807, 2.05) is 0 Å². The van der Waals surface area contributed by atoms with Crippen molar-refractivity contribution < 1.29 is 4.74 Å². The molecule has 2 rings (SSSR count). The Labute approximate surface area is 128 Å². The summed E-state index contributed by atoms with van der Waals surface area (Å²) in [5.74, 6) is 0. The van der Waals surface area contributed by atoms with Gasteiger partial charge in [-0.15, -0.1) is 0 Å². The Bertz CT molecular complexity index is 424. The van der Waals surface area contributed by atoms with Crippen LogP contribution in [0.4, 0.5) is 0 Å². The van der Waals surface area contributed by atoms with Crippen molar-refractivity contribution >= 4 is 0 Å². The zero-order valence-corrected chi connectivity index (χ0v) is 13.6. The first kappa shape index (κ1) is 16.4. The standard InChI is InChI=1S/C17H29N3O/c1-4-10-18-16-9-11-21-13-17(16)20(5-2)12-15-8-6-7-14(3)19-15/h6-8,16-18H,4-5,9-13H2,1-3H3. The fraction of sp³-hybridized carbons (Fsp3) is 0.706. The molecule has 0 aromatic carbocycles. The largest absolute Gasteiger partial charge is 0.380 e. The van der Waals surface area contributed by atoms with Crippen LogP contribution < -0.4 is 5.32 Å². The van der Waals surface area contributed by atoms with Gasteiger partial charge in [0.25, 0.3) is 0 Å². The highest BCUT2D eigenvalue weighted by Gasteiger charge is 2.29. The third-order valence-electron chi connectivity index (χ3n) is 4.17. The summed E-state index contributed by atoms with van der Waals surface area (Å²) >= 11 is 0. The van der Waals surface area contributed by atoms with E-state index in [4.69, 9.17) is 4.74 Å². The van der Waals surface area contributed by atoms with Crippen LogP contribution in [0.2, 0.25) is 0 Å². The quantitative estimate of drug-likeness (QED) is 0.837. The zero-order valence-electron chi connectivity index (χ0n) is 13.6. The predicted molar refractivity (Wildman–Crippen MR) is 86.4 cm³/mol. The topological polar surface area (TPSA) is 37.4 Å². The number of aryl methyl sites for hydroxylation is 1. The van der Waals surface area contributed by atoms with Gasteiger partial charge in [0.2, 0.25) is 0 Å². The molecule has 0 amide bonds. The number of likely N-dealkylation sites (N-methyl/N-ethyl adjacent to an activating group) is 1. The van der Waals surface area contributed by atoms with Crippen molar-refractivity contribution in [2.75, 3.05) is 26.3 Å². The summed E-state index contributed by atoms with van der Waals surface area (Å²) in [5, 5.41) is 3.69. The average Bonchev–Trinajstić information content (AvgIpc) is 2.51. The van der Waals surface area contributed by atoms with Gasteiger partial charge >= 0.3 is 0 Å². The molecule has 118 valence electrons. The van der Waals surface area contributed by atoms with Crippen molar-refractivity contribution in [3.8, 4) is 0 Å². The molecule has 1 aliphatic rings. The van der Waals surface area contributed by atoms with Crippen molar-refractivity contribution in [3.05, 3.63) is 29.6 Å². The molecule has 0 radical (unpaired) electrons. The maximum Gasteiger partial charge on any atom is 0.0637 e. The van der Waals surface area contributed by atoms with E-state index in [9.17, 15) is 0 Å². The van der Waals surface area contributed by atoms with Gasteiger partial charge in [-0.3, -0.25) is 9.88 Å². The van der Waals surface area contributed by atoms with Crippen LogP contribution >= 0.6 is 0 Å². The van der Waals surface area contributed by atoms with Crippen LogP contribution in [0.25, 0.3) is 0 Å². The first-order valence-electron chi connectivity index (χ1n) is 8.22. The molecular weight excluding hydrogens is 262 g/mol. The van der Waals surface area contributed by atoms with E-state index in [-0.39, 0.29) is 0 Å². The molecule has 2 atom stereocenters. The lowest BCUT2D eigenvalue weighted by atomic mass is 10.0. The van der Waals surface area contributed by atoms with Crippen LogP contribution in [0, 0.1) is 6.92 Å². The first-order chi connectivity index (χ1) is 10.2. The molecule has 0 spiro atoms. The highest BCUT2D eigenvalue weighted by atomic mass is 16.5. The van der Waals surface area contributed by atoms with Gasteiger partial charge in [0.1, 0.15) is 0 Å². The summed E-state index contributed by atoms with van der Waals surface area (Å²) in [6.45, 7) is 11.2. The molecule has 4 heteroatoms. The van der Waals surface area contributed by atoms with Crippen molar-refractivity contribution in [2.24, 2.45) is 0 Å². The number of hydrogen-bond donors (Lipinski definition) is 1. The fourth-order valence-electron chi connectivity index (χ4n) is 3.01. The van der Waals surface area contributed by atoms with Crippen molar-refractivity contribution in [1.82, 2.24) is 15.2 Å². The van der Waals surface area contributed by atoms with Gasteiger partial charge < -0.3 is 10.1 Å². The summed E-state index contributed by atoms with van der Waals surface area (Å²) in [7, 11) is 0. The van der Waals surface area contributed by atoms with Gasteiger partial charge in [0.15, 0.2) is 0 Å². The number of ether oxygens (including phenoxy) is 1. The van der Waals surface area contributed by atoms with Gasteiger partial charge in [-0.2, -0.15) is 0 Å². The minimum atomic E-state index is 0.442. The van der Waals surface area contributed by atoms with Gasteiger partial charge in [0, 0.05) is 30.9 Å². The van der Waals surface area contributed by atoms with Crippen LogP contribution in [-0.2, 0) is 11.3 Å². The van der Waals surface area contributed by atoms with Crippen LogP contribution in [0.3, 0.4) is 0 Å². The van der Waals surface area contributed by atoms with E-state index >= 15 is 0 Å². The molecule has 0 aliphatic carbocycles. The number of hydrogen-bond acceptors (Lipinski definition) is 4. The average molecular weight is 291 g/mol. The molecule has 4 nitrogen and oxygen atoms in total. The number of pyridine rings is 1. The molecule has 2 unspecified atom stereocenters. The molecule has 0 saturated carbocycles.